The number of hydrogen-bond acceptors (Lipinski definition) is 2. The smallest absolute Gasteiger partial charge is 0.0702 e. The van der Waals surface area contributed by atoms with Gasteiger partial charge in [-0.15, -0.1) is 0 Å². The van der Waals surface area contributed by atoms with Crippen molar-refractivity contribution in [1.82, 2.24) is 4.98 Å². The van der Waals surface area contributed by atoms with E-state index in [0.29, 0.717) is 0 Å². The molecule has 20 heavy (non-hydrogen) atoms. The molecule has 0 aliphatic carbocycles. The molecule has 1 atom stereocenters. The van der Waals surface area contributed by atoms with Crippen molar-refractivity contribution >= 4 is 26.8 Å². The molecule has 0 fully saturated rings. The lowest BCUT2D eigenvalue weighted by Gasteiger charge is -2.13. The molecule has 0 amide bonds. The minimum atomic E-state index is -0.00564. The van der Waals surface area contributed by atoms with Crippen LogP contribution in [0.25, 0.3) is 10.9 Å². The molecule has 3 heteroatoms. The molecule has 1 aromatic heterocycles. The Balaban J connectivity index is 1.86. The van der Waals surface area contributed by atoms with E-state index in [1.54, 1.807) is 0 Å². The number of nitrogens with two attached hydrogens (primary N) is 1. The molecular formula is C17H15BrN2. The van der Waals surface area contributed by atoms with Crippen molar-refractivity contribution < 1.29 is 0 Å². The van der Waals surface area contributed by atoms with Gasteiger partial charge in [0.05, 0.1) is 5.52 Å². The van der Waals surface area contributed by atoms with Crippen molar-refractivity contribution in [2.24, 2.45) is 5.73 Å². The molecule has 1 heterocycles. The Kier molecular flexibility index (Phi) is 3.81. The summed E-state index contributed by atoms with van der Waals surface area (Å²) < 4.78 is 1.09. The molecule has 2 N–H and O–H groups in total. The number of halogens is 1. The topological polar surface area (TPSA) is 38.9 Å². The molecule has 100 valence electrons. The zero-order valence-corrected chi connectivity index (χ0v) is 12.5. The second-order valence-electron chi connectivity index (χ2n) is 4.90. The van der Waals surface area contributed by atoms with Crippen LogP contribution in [-0.4, -0.2) is 4.98 Å². The molecule has 1 unspecified atom stereocenters. The standard InChI is InChI=1S/C17H15BrN2/c18-15-5-1-3-12(9-15)10-16(19)13-6-7-17-14(11-13)4-2-8-20-17/h1-9,11,16H,10,19H2. The minimum absolute atomic E-state index is 0.00564. The fourth-order valence-electron chi connectivity index (χ4n) is 2.36. The molecule has 0 spiro atoms. The molecule has 2 nitrogen and oxygen atoms in total. The molecule has 2 aromatic carbocycles. The molecule has 0 radical (unpaired) electrons. The van der Waals surface area contributed by atoms with Gasteiger partial charge in [-0.1, -0.05) is 40.2 Å². The Bertz CT molecular complexity index is 740. The van der Waals surface area contributed by atoms with E-state index in [4.69, 9.17) is 5.73 Å². The van der Waals surface area contributed by atoms with Gasteiger partial charge in [0.15, 0.2) is 0 Å². The summed E-state index contributed by atoms with van der Waals surface area (Å²) in [6, 6.07) is 18.5. The molecule has 0 aliphatic heterocycles. The summed E-state index contributed by atoms with van der Waals surface area (Å²) in [6.45, 7) is 0. The van der Waals surface area contributed by atoms with E-state index in [-0.39, 0.29) is 6.04 Å². The van der Waals surface area contributed by atoms with E-state index in [1.807, 2.05) is 30.5 Å². The van der Waals surface area contributed by atoms with Crippen molar-refractivity contribution in [3.05, 3.63) is 76.4 Å². The molecule has 0 aliphatic rings. The molecule has 0 bridgehead atoms. The highest BCUT2D eigenvalue weighted by molar-refractivity contribution is 9.10. The van der Waals surface area contributed by atoms with Crippen molar-refractivity contribution in [1.29, 1.82) is 0 Å². The molecule has 3 aromatic rings. The van der Waals surface area contributed by atoms with Gasteiger partial charge >= 0.3 is 0 Å². The van der Waals surface area contributed by atoms with Gasteiger partial charge in [0.2, 0.25) is 0 Å². The first-order valence-corrected chi connectivity index (χ1v) is 7.36. The predicted molar refractivity (Wildman–Crippen MR) is 86.5 cm³/mol. The predicted octanol–water partition coefficient (Wildman–Crippen LogP) is 4.24. The third-order valence-corrected chi connectivity index (χ3v) is 3.89. The Morgan fingerprint density at radius 2 is 1.95 bits per heavy atom. The average molecular weight is 327 g/mol. The highest BCUT2D eigenvalue weighted by Crippen LogP contribution is 2.22. The largest absolute Gasteiger partial charge is 0.324 e. The van der Waals surface area contributed by atoms with E-state index in [1.165, 1.54) is 5.56 Å². The quantitative estimate of drug-likeness (QED) is 0.781. The van der Waals surface area contributed by atoms with Gasteiger partial charge in [0.25, 0.3) is 0 Å². The fourth-order valence-corrected chi connectivity index (χ4v) is 2.81. The van der Waals surface area contributed by atoms with Crippen LogP contribution in [-0.2, 0) is 6.42 Å². The lowest BCUT2D eigenvalue weighted by atomic mass is 9.98. The average Bonchev–Trinajstić information content (AvgIpc) is 2.47. The SMILES string of the molecule is NC(Cc1cccc(Br)c1)c1ccc2ncccc2c1. The number of pyridine rings is 1. The lowest BCUT2D eigenvalue weighted by Crippen LogP contribution is -2.13. The van der Waals surface area contributed by atoms with Crippen LogP contribution < -0.4 is 5.73 Å². The van der Waals surface area contributed by atoms with E-state index in [0.717, 1.165) is 27.4 Å². The van der Waals surface area contributed by atoms with E-state index in [2.05, 4.69) is 51.2 Å². The third-order valence-electron chi connectivity index (χ3n) is 3.40. The van der Waals surface area contributed by atoms with Crippen LogP contribution in [0.2, 0.25) is 0 Å². The molecule has 3 rings (SSSR count). The van der Waals surface area contributed by atoms with Crippen molar-refractivity contribution in [3.8, 4) is 0 Å². The van der Waals surface area contributed by atoms with E-state index in [9.17, 15) is 0 Å². The summed E-state index contributed by atoms with van der Waals surface area (Å²) in [5.74, 6) is 0. The normalized spacial score (nSPS) is 12.5. The van der Waals surface area contributed by atoms with Crippen molar-refractivity contribution in [2.45, 2.75) is 12.5 Å². The maximum atomic E-state index is 6.33. The van der Waals surface area contributed by atoms with Gasteiger partial charge in [-0.2, -0.15) is 0 Å². The van der Waals surface area contributed by atoms with Crippen LogP contribution in [0.3, 0.4) is 0 Å². The van der Waals surface area contributed by atoms with Crippen molar-refractivity contribution in [2.75, 3.05) is 0 Å². The van der Waals surface area contributed by atoms with Gasteiger partial charge < -0.3 is 5.73 Å². The Morgan fingerprint density at radius 3 is 2.80 bits per heavy atom. The van der Waals surface area contributed by atoms with Crippen LogP contribution >= 0.6 is 15.9 Å². The van der Waals surface area contributed by atoms with Crippen LogP contribution in [0.1, 0.15) is 17.2 Å². The van der Waals surface area contributed by atoms with Crippen LogP contribution in [0, 0.1) is 0 Å². The zero-order valence-electron chi connectivity index (χ0n) is 11.0. The summed E-state index contributed by atoms with van der Waals surface area (Å²) in [5, 5.41) is 1.13. The first kappa shape index (κ1) is 13.3. The van der Waals surface area contributed by atoms with E-state index >= 15 is 0 Å². The number of fused-ring (bicyclic) bond motifs is 1. The summed E-state index contributed by atoms with van der Waals surface area (Å²) in [5.41, 5.74) is 9.72. The summed E-state index contributed by atoms with van der Waals surface area (Å²) in [4.78, 5) is 4.33. The van der Waals surface area contributed by atoms with Gasteiger partial charge in [-0.05, 0) is 47.9 Å². The first-order valence-electron chi connectivity index (χ1n) is 6.57. The zero-order chi connectivity index (χ0) is 13.9. The van der Waals surface area contributed by atoms with Gasteiger partial charge in [-0.3, -0.25) is 4.98 Å². The summed E-state index contributed by atoms with van der Waals surface area (Å²) in [6.07, 6.45) is 2.63. The molecule has 0 saturated heterocycles. The maximum absolute atomic E-state index is 6.33. The number of benzene rings is 2. The Morgan fingerprint density at radius 1 is 1.05 bits per heavy atom. The second kappa shape index (κ2) is 5.73. The monoisotopic (exact) mass is 326 g/mol. The lowest BCUT2D eigenvalue weighted by molar-refractivity contribution is 0.723. The Labute approximate surface area is 126 Å². The van der Waals surface area contributed by atoms with Gasteiger partial charge in [-0.25, -0.2) is 0 Å². The van der Waals surface area contributed by atoms with Gasteiger partial charge in [0, 0.05) is 22.1 Å². The molecule has 0 saturated carbocycles. The summed E-state index contributed by atoms with van der Waals surface area (Å²) in [7, 11) is 0. The highest BCUT2D eigenvalue weighted by atomic mass is 79.9. The third kappa shape index (κ3) is 2.89. The fraction of sp³-hybridized carbons (Fsp3) is 0.118. The Hall–Kier alpha value is -1.71. The first-order chi connectivity index (χ1) is 9.72. The van der Waals surface area contributed by atoms with Crippen molar-refractivity contribution in [3.63, 3.8) is 0 Å². The van der Waals surface area contributed by atoms with E-state index < -0.39 is 0 Å². The molecular weight excluding hydrogens is 312 g/mol. The number of rotatable bonds is 3. The van der Waals surface area contributed by atoms with Gasteiger partial charge in [0.1, 0.15) is 0 Å². The second-order valence-corrected chi connectivity index (χ2v) is 5.81. The number of hydrogen-bond donors (Lipinski definition) is 1. The van der Waals surface area contributed by atoms with Crippen LogP contribution in [0.15, 0.2) is 65.3 Å². The minimum Gasteiger partial charge on any atom is -0.324 e. The summed E-state index contributed by atoms with van der Waals surface area (Å²) >= 11 is 3.49. The highest BCUT2D eigenvalue weighted by Gasteiger charge is 2.08. The maximum Gasteiger partial charge on any atom is 0.0702 e. The van der Waals surface area contributed by atoms with Crippen LogP contribution in [0.5, 0.6) is 0 Å². The van der Waals surface area contributed by atoms with Crippen LogP contribution in [0.4, 0.5) is 0 Å². The number of nitrogens with zero attached hydrogens (tertiary/aromatic N) is 1. The number of aromatic nitrogens is 1.